The summed E-state index contributed by atoms with van der Waals surface area (Å²) in [5.74, 6) is 0.986. The molecule has 0 atom stereocenters. The molecular formula is C27H24BrClN2O2S. The van der Waals surface area contributed by atoms with Gasteiger partial charge < -0.3 is 4.74 Å². The van der Waals surface area contributed by atoms with Crippen molar-refractivity contribution in [2.75, 3.05) is 6.54 Å². The molecule has 0 unspecified atom stereocenters. The topological polar surface area (TPSA) is 41.9 Å². The number of para-hydroxylation sites is 1. The van der Waals surface area contributed by atoms with Crippen LogP contribution in [0.4, 0.5) is 5.69 Å². The summed E-state index contributed by atoms with van der Waals surface area (Å²) >= 11 is 10.8. The molecule has 0 aliphatic carbocycles. The lowest BCUT2D eigenvalue weighted by atomic mass is 10.1. The molecule has 1 saturated heterocycles. The molecule has 0 bridgehead atoms. The zero-order valence-electron chi connectivity index (χ0n) is 18.9. The van der Waals surface area contributed by atoms with Crippen molar-refractivity contribution < 1.29 is 9.53 Å². The number of amidine groups is 1. The summed E-state index contributed by atoms with van der Waals surface area (Å²) < 4.78 is 7.12. The van der Waals surface area contributed by atoms with Gasteiger partial charge in [0.1, 0.15) is 12.4 Å². The van der Waals surface area contributed by atoms with Crippen molar-refractivity contribution in [2.45, 2.75) is 20.5 Å². The Morgan fingerprint density at radius 1 is 1.06 bits per heavy atom. The fourth-order valence-electron chi connectivity index (χ4n) is 3.36. The highest BCUT2D eigenvalue weighted by Crippen LogP contribution is 2.36. The number of ether oxygens (including phenoxy) is 1. The number of nitrogens with zero attached hydrogens (tertiary/aromatic N) is 2. The normalized spacial score (nSPS) is 16.1. The molecule has 34 heavy (non-hydrogen) atoms. The fraction of sp³-hybridized carbons (Fsp3) is 0.185. The number of carbonyl (C=O) groups is 1. The fourth-order valence-corrected chi connectivity index (χ4v) is 4.75. The summed E-state index contributed by atoms with van der Waals surface area (Å²) in [4.78, 5) is 20.4. The molecule has 1 aliphatic heterocycles. The van der Waals surface area contributed by atoms with Crippen LogP contribution in [-0.2, 0) is 11.4 Å². The second-order valence-corrected chi connectivity index (χ2v) is 10.6. The van der Waals surface area contributed by atoms with E-state index >= 15 is 0 Å². The molecule has 1 heterocycles. The second-order valence-electron chi connectivity index (χ2n) is 8.24. The highest BCUT2D eigenvalue weighted by atomic mass is 79.9. The lowest BCUT2D eigenvalue weighted by Crippen LogP contribution is -2.32. The van der Waals surface area contributed by atoms with Gasteiger partial charge >= 0.3 is 0 Å². The quantitative estimate of drug-likeness (QED) is 0.278. The van der Waals surface area contributed by atoms with Gasteiger partial charge in [-0.1, -0.05) is 71.7 Å². The first kappa shape index (κ1) is 24.6. The number of amides is 1. The van der Waals surface area contributed by atoms with E-state index < -0.39 is 0 Å². The number of hydrogen-bond acceptors (Lipinski definition) is 4. The van der Waals surface area contributed by atoms with Crippen molar-refractivity contribution in [1.29, 1.82) is 0 Å². The highest BCUT2D eigenvalue weighted by molar-refractivity contribution is 9.10. The Morgan fingerprint density at radius 2 is 1.76 bits per heavy atom. The van der Waals surface area contributed by atoms with Gasteiger partial charge in [0.25, 0.3) is 5.91 Å². The van der Waals surface area contributed by atoms with E-state index in [-0.39, 0.29) is 5.91 Å². The second kappa shape index (κ2) is 11.3. The van der Waals surface area contributed by atoms with Crippen LogP contribution in [0.5, 0.6) is 5.75 Å². The van der Waals surface area contributed by atoms with Crippen molar-refractivity contribution in [2.24, 2.45) is 10.9 Å². The Bertz CT molecular complexity index is 1220. The molecule has 4 rings (SSSR count). The number of aliphatic imine (C=N–C) groups is 1. The van der Waals surface area contributed by atoms with Gasteiger partial charge in [-0.2, -0.15) is 0 Å². The van der Waals surface area contributed by atoms with Crippen LogP contribution in [-0.4, -0.2) is 22.5 Å². The minimum Gasteiger partial charge on any atom is -0.488 e. The zero-order chi connectivity index (χ0) is 24.1. The molecule has 7 heteroatoms. The van der Waals surface area contributed by atoms with Crippen LogP contribution >= 0.6 is 39.3 Å². The third kappa shape index (κ3) is 6.32. The van der Waals surface area contributed by atoms with Gasteiger partial charge in [-0.3, -0.25) is 9.69 Å². The van der Waals surface area contributed by atoms with Gasteiger partial charge in [0.15, 0.2) is 5.17 Å². The third-order valence-electron chi connectivity index (χ3n) is 5.00. The van der Waals surface area contributed by atoms with Crippen molar-refractivity contribution in [3.05, 3.63) is 98.3 Å². The molecule has 4 nitrogen and oxygen atoms in total. The Morgan fingerprint density at radius 3 is 2.47 bits per heavy atom. The van der Waals surface area contributed by atoms with Crippen molar-refractivity contribution in [3.8, 4) is 5.75 Å². The molecule has 3 aromatic rings. The number of rotatable bonds is 7. The highest BCUT2D eigenvalue weighted by Gasteiger charge is 2.34. The van der Waals surface area contributed by atoms with Crippen LogP contribution in [0.15, 0.2) is 87.2 Å². The minimum absolute atomic E-state index is 0.0471. The van der Waals surface area contributed by atoms with E-state index in [4.69, 9.17) is 21.3 Å². The standard InChI is InChI=1S/C27H24BrClN2O2S/c1-18(2)16-31-26(32)25(34-27(31)30-23-13-11-22(29)12-14-23)15-20-5-3-4-6-24(20)33-17-19-7-9-21(28)10-8-19/h3-15,18H,16-17H2,1-2H3/b25-15-,30-27?. The Labute approximate surface area is 217 Å². The van der Waals surface area contributed by atoms with E-state index in [0.717, 1.165) is 27.0 Å². The van der Waals surface area contributed by atoms with Gasteiger partial charge in [-0.25, -0.2) is 4.99 Å². The predicted molar refractivity (Wildman–Crippen MR) is 146 cm³/mol. The summed E-state index contributed by atoms with van der Waals surface area (Å²) in [5.41, 5.74) is 2.68. The minimum atomic E-state index is -0.0471. The van der Waals surface area contributed by atoms with Crippen LogP contribution in [0.25, 0.3) is 6.08 Å². The van der Waals surface area contributed by atoms with E-state index in [1.165, 1.54) is 11.8 Å². The maximum Gasteiger partial charge on any atom is 0.266 e. The zero-order valence-corrected chi connectivity index (χ0v) is 22.0. The molecule has 1 fully saturated rings. The van der Waals surface area contributed by atoms with Crippen LogP contribution in [0.3, 0.4) is 0 Å². The summed E-state index contributed by atoms with van der Waals surface area (Å²) in [7, 11) is 0. The Hall–Kier alpha value is -2.54. The van der Waals surface area contributed by atoms with E-state index in [2.05, 4.69) is 29.8 Å². The predicted octanol–water partition coefficient (Wildman–Crippen LogP) is 7.94. The smallest absolute Gasteiger partial charge is 0.266 e. The number of benzene rings is 3. The van der Waals surface area contributed by atoms with Gasteiger partial charge in [0.2, 0.25) is 0 Å². The molecule has 3 aromatic carbocycles. The average molecular weight is 556 g/mol. The monoisotopic (exact) mass is 554 g/mol. The van der Waals surface area contributed by atoms with Crippen LogP contribution in [0.2, 0.25) is 5.02 Å². The molecule has 0 radical (unpaired) electrons. The molecule has 0 N–H and O–H groups in total. The van der Waals surface area contributed by atoms with E-state index in [1.807, 2.05) is 66.7 Å². The summed E-state index contributed by atoms with van der Waals surface area (Å²) in [6.07, 6.45) is 1.89. The number of thioether (sulfide) groups is 1. The maximum atomic E-state index is 13.3. The van der Waals surface area contributed by atoms with Crippen molar-refractivity contribution in [3.63, 3.8) is 0 Å². The third-order valence-corrected chi connectivity index (χ3v) is 6.79. The lowest BCUT2D eigenvalue weighted by Gasteiger charge is -2.17. The Kier molecular flexibility index (Phi) is 8.14. The molecule has 1 aliphatic rings. The first-order chi connectivity index (χ1) is 16.4. The molecule has 0 saturated carbocycles. The first-order valence-electron chi connectivity index (χ1n) is 10.9. The maximum absolute atomic E-state index is 13.3. The van der Waals surface area contributed by atoms with Gasteiger partial charge in [0, 0.05) is 21.6 Å². The SMILES string of the molecule is CC(C)CN1C(=O)/C(=C/c2ccccc2OCc2ccc(Br)cc2)SC1=Nc1ccc(Cl)cc1. The van der Waals surface area contributed by atoms with E-state index in [0.29, 0.717) is 34.2 Å². The molecule has 174 valence electrons. The first-order valence-corrected chi connectivity index (χ1v) is 12.9. The number of hydrogen-bond donors (Lipinski definition) is 0. The van der Waals surface area contributed by atoms with Gasteiger partial charge in [-0.15, -0.1) is 0 Å². The molecular weight excluding hydrogens is 532 g/mol. The van der Waals surface area contributed by atoms with Crippen molar-refractivity contribution >= 4 is 62.1 Å². The van der Waals surface area contributed by atoms with E-state index in [9.17, 15) is 4.79 Å². The molecule has 1 amide bonds. The summed E-state index contributed by atoms with van der Waals surface area (Å²) in [6.45, 7) is 5.21. The van der Waals surface area contributed by atoms with Crippen LogP contribution < -0.4 is 4.74 Å². The summed E-state index contributed by atoms with van der Waals surface area (Å²) in [5, 5.41) is 1.32. The van der Waals surface area contributed by atoms with E-state index in [1.54, 1.807) is 17.0 Å². The van der Waals surface area contributed by atoms with Crippen molar-refractivity contribution in [1.82, 2.24) is 4.90 Å². The average Bonchev–Trinajstić information content (AvgIpc) is 3.09. The van der Waals surface area contributed by atoms with Crippen LogP contribution in [0.1, 0.15) is 25.0 Å². The number of carbonyl (C=O) groups excluding carboxylic acids is 1. The van der Waals surface area contributed by atoms with Gasteiger partial charge in [0.05, 0.1) is 10.6 Å². The summed E-state index contributed by atoms with van der Waals surface area (Å²) in [6, 6.07) is 23.1. The molecule has 0 spiro atoms. The lowest BCUT2D eigenvalue weighted by molar-refractivity contribution is -0.122. The number of halogens is 2. The van der Waals surface area contributed by atoms with Gasteiger partial charge in [-0.05, 0) is 71.8 Å². The molecule has 0 aromatic heterocycles. The van der Waals surface area contributed by atoms with Crippen LogP contribution in [0, 0.1) is 5.92 Å². The Balaban J connectivity index is 1.60. The largest absolute Gasteiger partial charge is 0.488 e.